The van der Waals surface area contributed by atoms with Crippen LogP contribution in [0.3, 0.4) is 0 Å². The van der Waals surface area contributed by atoms with Crippen LogP contribution in [0.25, 0.3) is 0 Å². The number of benzene rings is 1. The highest BCUT2D eigenvalue weighted by Crippen LogP contribution is 2.17. The first kappa shape index (κ1) is 17.2. The molecule has 1 fully saturated rings. The molecule has 0 bridgehead atoms. The smallest absolute Gasteiger partial charge is 0.251 e. The van der Waals surface area contributed by atoms with Gasteiger partial charge in [-0.3, -0.25) is 4.79 Å². The number of carbonyl (C=O) groups is 1. The largest absolute Gasteiger partial charge is 0.378 e. The van der Waals surface area contributed by atoms with Crippen LogP contribution in [0, 0.1) is 6.92 Å². The van der Waals surface area contributed by atoms with Crippen molar-refractivity contribution >= 4 is 17.5 Å². The van der Waals surface area contributed by atoms with Crippen LogP contribution in [0.15, 0.2) is 30.3 Å². The fourth-order valence-corrected chi connectivity index (χ4v) is 2.96. The van der Waals surface area contributed by atoms with Crippen LogP contribution >= 0.6 is 0 Å². The molecule has 1 aliphatic rings. The number of nitrogens with zero attached hydrogens (tertiary/aromatic N) is 4. The van der Waals surface area contributed by atoms with Crippen molar-refractivity contribution in [2.75, 3.05) is 37.0 Å². The fraction of sp³-hybridized carbons (Fsp3) is 0.421. The van der Waals surface area contributed by atoms with E-state index in [1.807, 2.05) is 56.3 Å². The summed E-state index contributed by atoms with van der Waals surface area (Å²) in [4.78, 5) is 25.8. The van der Waals surface area contributed by atoms with Crippen LogP contribution in [0.4, 0.5) is 11.6 Å². The van der Waals surface area contributed by atoms with Crippen molar-refractivity contribution < 1.29 is 4.79 Å². The lowest BCUT2D eigenvalue weighted by Crippen LogP contribution is -2.25. The maximum atomic E-state index is 12.4. The van der Waals surface area contributed by atoms with E-state index in [4.69, 9.17) is 0 Å². The second kappa shape index (κ2) is 7.51. The summed E-state index contributed by atoms with van der Waals surface area (Å²) < 4.78 is 0. The standard InChI is InChI=1S/C19H25N5O/c1-14-11-16(22-19(21-14)24-9-4-5-10-24)13-20-18(25)15-7-6-8-17(12-15)23(2)3/h6-8,11-12H,4-5,9-10,13H2,1-3H3,(H,20,25). The number of aromatic nitrogens is 2. The Morgan fingerprint density at radius 3 is 2.68 bits per heavy atom. The third kappa shape index (κ3) is 4.26. The van der Waals surface area contributed by atoms with Crippen LogP contribution in [0.1, 0.15) is 34.6 Å². The van der Waals surface area contributed by atoms with E-state index in [-0.39, 0.29) is 5.91 Å². The number of amides is 1. The lowest BCUT2D eigenvalue weighted by molar-refractivity contribution is 0.0950. The third-order valence-electron chi connectivity index (χ3n) is 4.34. The molecule has 1 aromatic heterocycles. The van der Waals surface area contributed by atoms with Gasteiger partial charge in [0.25, 0.3) is 5.91 Å². The molecule has 6 nitrogen and oxygen atoms in total. The molecule has 0 aliphatic carbocycles. The molecule has 1 N–H and O–H groups in total. The third-order valence-corrected chi connectivity index (χ3v) is 4.34. The average molecular weight is 339 g/mol. The molecular formula is C19H25N5O. The SMILES string of the molecule is Cc1cc(CNC(=O)c2cccc(N(C)C)c2)nc(N2CCCC2)n1. The molecule has 132 valence electrons. The molecule has 1 aliphatic heterocycles. The Balaban J connectivity index is 1.68. The van der Waals surface area contributed by atoms with Crippen molar-refractivity contribution in [3.05, 3.63) is 47.3 Å². The molecule has 0 spiro atoms. The van der Waals surface area contributed by atoms with E-state index < -0.39 is 0 Å². The van der Waals surface area contributed by atoms with Gasteiger partial charge < -0.3 is 15.1 Å². The van der Waals surface area contributed by atoms with Crippen LogP contribution in [-0.4, -0.2) is 43.1 Å². The Morgan fingerprint density at radius 2 is 1.96 bits per heavy atom. The van der Waals surface area contributed by atoms with Crippen molar-refractivity contribution in [2.45, 2.75) is 26.3 Å². The van der Waals surface area contributed by atoms with Crippen molar-refractivity contribution in [3.8, 4) is 0 Å². The Labute approximate surface area is 148 Å². The number of hydrogen-bond donors (Lipinski definition) is 1. The number of nitrogens with one attached hydrogen (secondary N) is 1. The topological polar surface area (TPSA) is 61.4 Å². The van der Waals surface area contributed by atoms with Gasteiger partial charge in [0.2, 0.25) is 5.95 Å². The zero-order valence-corrected chi connectivity index (χ0v) is 15.1. The molecule has 0 atom stereocenters. The highest BCUT2D eigenvalue weighted by molar-refractivity contribution is 5.95. The van der Waals surface area contributed by atoms with Gasteiger partial charge >= 0.3 is 0 Å². The minimum absolute atomic E-state index is 0.0947. The highest BCUT2D eigenvalue weighted by atomic mass is 16.1. The monoisotopic (exact) mass is 339 g/mol. The Bertz CT molecular complexity index is 753. The summed E-state index contributed by atoms with van der Waals surface area (Å²) in [5, 5.41) is 2.96. The predicted molar refractivity (Wildman–Crippen MR) is 100 cm³/mol. The van der Waals surface area contributed by atoms with Crippen molar-refractivity contribution in [1.29, 1.82) is 0 Å². The minimum atomic E-state index is -0.0947. The molecule has 1 aromatic carbocycles. The van der Waals surface area contributed by atoms with E-state index in [1.54, 1.807) is 0 Å². The number of aryl methyl sites for hydroxylation is 1. The second-order valence-electron chi connectivity index (χ2n) is 6.62. The number of rotatable bonds is 5. The molecule has 3 rings (SSSR count). The summed E-state index contributed by atoms with van der Waals surface area (Å²) in [5.41, 5.74) is 3.42. The van der Waals surface area contributed by atoms with E-state index in [0.29, 0.717) is 12.1 Å². The molecule has 2 heterocycles. The quantitative estimate of drug-likeness (QED) is 0.906. The number of carbonyl (C=O) groups excluding carboxylic acids is 1. The minimum Gasteiger partial charge on any atom is -0.378 e. The van der Waals surface area contributed by atoms with Crippen LogP contribution in [0.5, 0.6) is 0 Å². The summed E-state index contributed by atoms with van der Waals surface area (Å²) in [6, 6.07) is 9.51. The molecular weight excluding hydrogens is 314 g/mol. The first-order valence-electron chi connectivity index (χ1n) is 8.68. The summed E-state index contributed by atoms with van der Waals surface area (Å²) in [7, 11) is 3.92. The Morgan fingerprint density at radius 1 is 1.20 bits per heavy atom. The fourth-order valence-electron chi connectivity index (χ4n) is 2.96. The molecule has 0 unspecified atom stereocenters. The molecule has 1 saturated heterocycles. The van der Waals surface area contributed by atoms with Gasteiger partial charge in [0.05, 0.1) is 12.2 Å². The molecule has 6 heteroatoms. The van der Waals surface area contributed by atoms with Crippen LogP contribution in [0.2, 0.25) is 0 Å². The van der Waals surface area contributed by atoms with Gasteiger partial charge in [-0.25, -0.2) is 9.97 Å². The van der Waals surface area contributed by atoms with E-state index >= 15 is 0 Å². The zero-order valence-electron chi connectivity index (χ0n) is 15.1. The summed E-state index contributed by atoms with van der Waals surface area (Å²) in [6.07, 6.45) is 2.37. The van der Waals surface area contributed by atoms with Gasteiger partial charge in [-0.05, 0) is 44.0 Å². The van der Waals surface area contributed by atoms with Gasteiger partial charge in [0.15, 0.2) is 0 Å². The van der Waals surface area contributed by atoms with E-state index in [0.717, 1.165) is 36.1 Å². The summed E-state index contributed by atoms with van der Waals surface area (Å²) >= 11 is 0. The molecule has 0 saturated carbocycles. The van der Waals surface area contributed by atoms with Gasteiger partial charge in [-0.1, -0.05) is 6.07 Å². The highest BCUT2D eigenvalue weighted by Gasteiger charge is 2.16. The Kier molecular flexibility index (Phi) is 5.16. The van der Waals surface area contributed by atoms with Gasteiger partial charge in [0, 0.05) is 44.1 Å². The molecule has 1 amide bonds. The summed E-state index contributed by atoms with van der Waals surface area (Å²) in [5.74, 6) is 0.680. The van der Waals surface area contributed by atoms with E-state index in [2.05, 4.69) is 20.2 Å². The molecule has 0 radical (unpaired) electrons. The average Bonchev–Trinajstić information content (AvgIpc) is 3.14. The van der Waals surface area contributed by atoms with E-state index in [1.165, 1.54) is 12.8 Å². The lowest BCUT2D eigenvalue weighted by atomic mass is 10.2. The normalized spacial score (nSPS) is 13.8. The van der Waals surface area contributed by atoms with E-state index in [9.17, 15) is 4.79 Å². The van der Waals surface area contributed by atoms with Crippen LogP contribution in [-0.2, 0) is 6.54 Å². The van der Waals surface area contributed by atoms with Gasteiger partial charge in [0.1, 0.15) is 0 Å². The molecule has 2 aromatic rings. The molecule has 25 heavy (non-hydrogen) atoms. The zero-order chi connectivity index (χ0) is 17.8. The van der Waals surface area contributed by atoms with Gasteiger partial charge in [-0.15, -0.1) is 0 Å². The first-order valence-corrected chi connectivity index (χ1v) is 8.68. The first-order chi connectivity index (χ1) is 12.0. The predicted octanol–water partition coefficient (Wildman–Crippen LogP) is 2.38. The van der Waals surface area contributed by atoms with Crippen molar-refractivity contribution in [2.24, 2.45) is 0 Å². The number of anilines is 2. The summed E-state index contributed by atoms with van der Waals surface area (Å²) in [6.45, 7) is 4.38. The van der Waals surface area contributed by atoms with Crippen LogP contribution < -0.4 is 15.1 Å². The Hall–Kier alpha value is -2.63. The van der Waals surface area contributed by atoms with Crippen molar-refractivity contribution in [3.63, 3.8) is 0 Å². The second-order valence-corrected chi connectivity index (χ2v) is 6.62. The van der Waals surface area contributed by atoms with Gasteiger partial charge in [-0.2, -0.15) is 0 Å². The number of hydrogen-bond acceptors (Lipinski definition) is 5. The van der Waals surface area contributed by atoms with Crippen molar-refractivity contribution in [1.82, 2.24) is 15.3 Å². The maximum Gasteiger partial charge on any atom is 0.251 e. The maximum absolute atomic E-state index is 12.4. The lowest BCUT2D eigenvalue weighted by Gasteiger charge is -2.17.